The highest BCUT2D eigenvalue weighted by atomic mass is 32.2. The van der Waals surface area contributed by atoms with Crippen LogP contribution in [-0.4, -0.2) is 5.25 Å². The van der Waals surface area contributed by atoms with Crippen molar-refractivity contribution in [3.8, 4) is 0 Å². The van der Waals surface area contributed by atoms with Crippen LogP contribution in [0.1, 0.15) is 19.4 Å². The normalized spacial score (nSPS) is 20.3. The third kappa shape index (κ3) is 2.18. The first-order valence-electron chi connectivity index (χ1n) is 4.87. The highest BCUT2D eigenvalue weighted by Crippen LogP contribution is 2.38. The molecule has 0 fully saturated rings. The summed E-state index contributed by atoms with van der Waals surface area (Å²) in [6, 6.07) is 6.81. The van der Waals surface area contributed by atoms with Gasteiger partial charge in [0.1, 0.15) is 0 Å². The highest BCUT2D eigenvalue weighted by Gasteiger charge is 2.18. The first-order valence-corrected chi connectivity index (χ1v) is 6.63. The van der Waals surface area contributed by atoms with E-state index in [1.807, 2.05) is 11.8 Å². The monoisotopic (exact) mass is 222 g/mol. The number of hydrogen-bond donors (Lipinski definition) is 0. The molecule has 0 amide bonds. The van der Waals surface area contributed by atoms with E-state index in [4.69, 9.17) is 0 Å². The molecule has 0 aliphatic carbocycles. The Morgan fingerprint density at radius 1 is 1.50 bits per heavy atom. The Morgan fingerprint density at radius 3 is 3.14 bits per heavy atom. The van der Waals surface area contributed by atoms with E-state index in [2.05, 4.69) is 43.5 Å². The predicted octanol–water partition coefficient (Wildman–Crippen LogP) is 4.35. The second kappa shape index (κ2) is 4.45. The van der Waals surface area contributed by atoms with Crippen molar-refractivity contribution in [2.24, 2.45) is 0 Å². The molecule has 1 unspecified atom stereocenters. The van der Waals surface area contributed by atoms with Crippen LogP contribution >= 0.6 is 23.5 Å². The van der Waals surface area contributed by atoms with E-state index < -0.39 is 0 Å². The number of rotatable bonds is 2. The molecule has 14 heavy (non-hydrogen) atoms. The molecule has 0 saturated heterocycles. The first-order chi connectivity index (χ1) is 6.79. The zero-order chi connectivity index (χ0) is 9.97. The van der Waals surface area contributed by atoms with Gasteiger partial charge in [-0.25, -0.2) is 0 Å². The fourth-order valence-electron chi connectivity index (χ4n) is 1.60. The summed E-state index contributed by atoms with van der Waals surface area (Å²) in [5, 5.41) is 2.89. The summed E-state index contributed by atoms with van der Waals surface area (Å²) in [6.07, 6.45) is 3.31. The molecule has 0 nitrogen and oxygen atoms in total. The van der Waals surface area contributed by atoms with Gasteiger partial charge in [0.25, 0.3) is 0 Å². The van der Waals surface area contributed by atoms with E-state index in [0.29, 0.717) is 0 Å². The summed E-state index contributed by atoms with van der Waals surface area (Å²) in [5.74, 6) is 0. The number of thioether (sulfide) groups is 2. The summed E-state index contributed by atoms with van der Waals surface area (Å²) in [6.45, 7) is 4.35. The van der Waals surface area contributed by atoms with Crippen LogP contribution in [0.4, 0.5) is 0 Å². The molecule has 0 aromatic heterocycles. The van der Waals surface area contributed by atoms with Crippen molar-refractivity contribution in [1.29, 1.82) is 0 Å². The maximum absolute atomic E-state index is 2.31. The first kappa shape index (κ1) is 10.2. The lowest BCUT2D eigenvalue weighted by Crippen LogP contribution is -1.90. The molecule has 2 heteroatoms. The van der Waals surface area contributed by atoms with Gasteiger partial charge in [-0.1, -0.05) is 30.8 Å². The van der Waals surface area contributed by atoms with Gasteiger partial charge in [0, 0.05) is 15.0 Å². The zero-order valence-corrected chi connectivity index (χ0v) is 10.1. The molecular formula is C12H14S2. The minimum absolute atomic E-state index is 0.756. The number of fused-ring (bicyclic) bond motifs is 1. The van der Waals surface area contributed by atoms with Gasteiger partial charge in [-0.3, -0.25) is 0 Å². The zero-order valence-electron chi connectivity index (χ0n) is 8.49. The maximum Gasteiger partial charge on any atom is 0.0127 e. The minimum Gasteiger partial charge on any atom is -0.122 e. The smallest absolute Gasteiger partial charge is 0.0127 e. The minimum atomic E-state index is 0.756. The third-order valence-electron chi connectivity index (χ3n) is 2.21. The summed E-state index contributed by atoms with van der Waals surface area (Å²) in [7, 11) is 0. The Bertz CT molecular complexity index is 355. The van der Waals surface area contributed by atoms with E-state index in [-0.39, 0.29) is 0 Å². The van der Waals surface area contributed by atoms with Crippen LogP contribution < -0.4 is 0 Å². The van der Waals surface area contributed by atoms with E-state index >= 15 is 0 Å². The largest absolute Gasteiger partial charge is 0.122 e. The van der Waals surface area contributed by atoms with Crippen molar-refractivity contribution in [1.82, 2.24) is 0 Å². The number of allylic oxidation sites excluding steroid dienone is 1. The molecule has 0 spiro atoms. The van der Waals surface area contributed by atoms with Gasteiger partial charge in [-0.15, -0.1) is 11.8 Å². The lowest BCUT2D eigenvalue weighted by Gasteiger charge is -2.00. The van der Waals surface area contributed by atoms with Gasteiger partial charge >= 0.3 is 0 Å². The molecule has 1 aromatic rings. The van der Waals surface area contributed by atoms with Crippen molar-refractivity contribution in [2.45, 2.75) is 35.3 Å². The van der Waals surface area contributed by atoms with Crippen LogP contribution in [0.5, 0.6) is 0 Å². The molecule has 1 aliphatic rings. The topological polar surface area (TPSA) is 0 Å². The lowest BCUT2D eigenvalue weighted by atomic mass is 10.1. The van der Waals surface area contributed by atoms with Crippen LogP contribution in [0.25, 0.3) is 0 Å². The molecule has 1 heterocycles. The molecule has 0 N–H and O–H groups in total. The number of benzene rings is 1. The SMILES string of the molecule is C/C=C\Sc1ccc2c(c1)SC(C)C2. The molecule has 1 atom stereocenters. The second-order valence-electron chi connectivity index (χ2n) is 3.49. The van der Waals surface area contributed by atoms with Crippen molar-refractivity contribution in [3.05, 3.63) is 35.2 Å². The molecule has 0 radical (unpaired) electrons. The summed E-state index contributed by atoms with van der Waals surface area (Å²) in [5.41, 5.74) is 1.52. The maximum atomic E-state index is 2.31. The van der Waals surface area contributed by atoms with Crippen molar-refractivity contribution in [2.75, 3.05) is 0 Å². The average molecular weight is 222 g/mol. The average Bonchev–Trinajstić information content (AvgIpc) is 2.54. The van der Waals surface area contributed by atoms with Gasteiger partial charge in [-0.05, 0) is 36.4 Å². The van der Waals surface area contributed by atoms with Crippen LogP contribution in [0.15, 0.2) is 39.5 Å². The Hall–Kier alpha value is -0.340. The van der Waals surface area contributed by atoms with Crippen LogP contribution in [0.2, 0.25) is 0 Å². The standard InChI is InChI=1S/C12H14S2/c1-3-6-13-11-5-4-10-7-9(2)14-12(10)8-11/h3-6,8-9H,7H2,1-2H3/b6-3-. The molecule has 0 bridgehead atoms. The van der Waals surface area contributed by atoms with Crippen LogP contribution in [0, 0.1) is 0 Å². The number of hydrogen-bond acceptors (Lipinski definition) is 2. The predicted molar refractivity (Wildman–Crippen MR) is 66.1 cm³/mol. The molecule has 1 aromatic carbocycles. The van der Waals surface area contributed by atoms with Gasteiger partial charge in [0.15, 0.2) is 0 Å². The molecule has 1 aliphatic heterocycles. The van der Waals surface area contributed by atoms with Crippen LogP contribution in [0.3, 0.4) is 0 Å². The van der Waals surface area contributed by atoms with Gasteiger partial charge in [0.05, 0.1) is 0 Å². The second-order valence-corrected chi connectivity index (χ2v) is 5.95. The van der Waals surface area contributed by atoms with E-state index in [9.17, 15) is 0 Å². The van der Waals surface area contributed by atoms with E-state index in [1.54, 1.807) is 11.8 Å². The molecule has 2 rings (SSSR count). The summed E-state index contributed by atoms with van der Waals surface area (Å²) in [4.78, 5) is 2.83. The Morgan fingerprint density at radius 2 is 2.36 bits per heavy atom. The molecule has 0 saturated carbocycles. The Balaban J connectivity index is 2.20. The summed E-state index contributed by atoms with van der Waals surface area (Å²) >= 11 is 3.79. The van der Waals surface area contributed by atoms with Crippen molar-refractivity contribution < 1.29 is 0 Å². The van der Waals surface area contributed by atoms with Gasteiger partial charge < -0.3 is 0 Å². The van der Waals surface area contributed by atoms with Crippen LogP contribution in [-0.2, 0) is 6.42 Å². The van der Waals surface area contributed by atoms with Crippen molar-refractivity contribution >= 4 is 23.5 Å². The third-order valence-corrected chi connectivity index (χ3v) is 4.35. The molecule has 74 valence electrons. The van der Waals surface area contributed by atoms with Gasteiger partial charge in [-0.2, -0.15) is 0 Å². The van der Waals surface area contributed by atoms with E-state index in [0.717, 1.165) is 5.25 Å². The fourth-order valence-corrected chi connectivity index (χ4v) is 3.50. The summed E-state index contributed by atoms with van der Waals surface area (Å²) < 4.78 is 0. The van der Waals surface area contributed by atoms with Crippen molar-refractivity contribution in [3.63, 3.8) is 0 Å². The lowest BCUT2D eigenvalue weighted by molar-refractivity contribution is 0.957. The Kier molecular flexibility index (Phi) is 3.24. The quantitative estimate of drug-likeness (QED) is 0.682. The molecular weight excluding hydrogens is 208 g/mol. The fraction of sp³-hybridized carbons (Fsp3) is 0.333. The Labute approximate surface area is 94.2 Å². The van der Waals surface area contributed by atoms with E-state index in [1.165, 1.54) is 21.8 Å². The highest BCUT2D eigenvalue weighted by molar-refractivity contribution is 8.02. The van der Waals surface area contributed by atoms with Gasteiger partial charge in [0.2, 0.25) is 0 Å².